The first kappa shape index (κ1) is 28.9. The zero-order valence-electron chi connectivity index (χ0n) is 22.2. The van der Waals surface area contributed by atoms with E-state index in [0.29, 0.717) is 5.65 Å². The molecule has 204 valence electrons. The first-order valence-corrected chi connectivity index (χ1v) is 12.1. The van der Waals surface area contributed by atoms with Crippen molar-refractivity contribution in [2.75, 3.05) is 20.3 Å². The second kappa shape index (κ2) is 12.7. The standard InChI is InChI=1S/C27H29N5O7/c1-6-8-11-21(32(36)37)18(4)15-22(33)28-25-20(27(35)39-7-2)16-19-24(30(25)13-14-38-5)29-23-17(3)10-9-12-31(23)26(19)34/h6,8-12,16H,1,7,13-15H2,2-5H3/b11-8+,21-18-,28-25?. The second-order valence-corrected chi connectivity index (χ2v) is 8.49. The van der Waals surface area contributed by atoms with Gasteiger partial charge < -0.3 is 14.0 Å². The Kier molecular flexibility index (Phi) is 9.39. The van der Waals surface area contributed by atoms with Gasteiger partial charge in [-0.3, -0.25) is 24.1 Å². The lowest BCUT2D eigenvalue weighted by molar-refractivity contribution is -0.420. The summed E-state index contributed by atoms with van der Waals surface area (Å²) >= 11 is 0. The van der Waals surface area contributed by atoms with E-state index in [1.807, 2.05) is 0 Å². The number of nitro groups is 1. The summed E-state index contributed by atoms with van der Waals surface area (Å²) in [6, 6.07) is 4.83. The molecule has 0 N–H and O–H groups in total. The van der Waals surface area contributed by atoms with E-state index < -0.39 is 28.8 Å². The molecule has 12 heteroatoms. The largest absolute Gasteiger partial charge is 0.462 e. The van der Waals surface area contributed by atoms with Crippen molar-refractivity contribution in [1.82, 2.24) is 14.0 Å². The quantitative estimate of drug-likeness (QED) is 0.127. The Hall–Kier alpha value is -4.71. The number of hydrogen-bond acceptors (Lipinski definition) is 8. The SMILES string of the molecule is C=C/C=C/C(=C(\C)CC(=O)N=c1c(C(=O)OCC)cc2c(=O)n3cccc(C)c3nc2n1CCOC)[N+](=O)[O-]. The average Bonchev–Trinajstić information content (AvgIpc) is 2.88. The van der Waals surface area contributed by atoms with Gasteiger partial charge in [-0.15, -0.1) is 0 Å². The van der Waals surface area contributed by atoms with Crippen molar-refractivity contribution in [3.8, 4) is 0 Å². The molecule has 0 bridgehead atoms. The first-order valence-electron chi connectivity index (χ1n) is 12.1. The number of amides is 1. The molecule has 3 aromatic heterocycles. The highest BCUT2D eigenvalue weighted by molar-refractivity contribution is 5.94. The van der Waals surface area contributed by atoms with E-state index in [0.717, 1.165) is 5.56 Å². The second-order valence-electron chi connectivity index (χ2n) is 8.49. The molecule has 0 unspecified atom stereocenters. The average molecular weight is 536 g/mol. The van der Waals surface area contributed by atoms with E-state index in [-0.39, 0.29) is 53.1 Å². The first-order chi connectivity index (χ1) is 18.6. The monoisotopic (exact) mass is 535 g/mol. The predicted octanol–water partition coefficient (Wildman–Crippen LogP) is 2.89. The fraction of sp³-hybridized carbons (Fsp3) is 0.296. The van der Waals surface area contributed by atoms with Crippen molar-refractivity contribution in [1.29, 1.82) is 0 Å². The number of rotatable bonds is 10. The number of carbonyl (C=O) groups excluding carboxylic acids is 2. The van der Waals surface area contributed by atoms with Gasteiger partial charge in [0.2, 0.25) is 0 Å². The van der Waals surface area contributed by atoms with E-state index in [1.54, 1.807) is 32.2 Å². The maximum absolute atomic E-state index is 13.4. The Morgan fingerprint density at radius 2 is 2.05 bits per heavy atom. The van der Waals surface area contributed by atoms with Crippen LogP contribution in [0.2, 0.25) is 0 Å². The van der Waals surface area contributed by atoms with E-state index in [9.17, 15) is 24.5 Å². The van der Waals surface area contributed by atoms with Crippen LogP contribution >= 0.6 is 0 Å². The van der Waals surface area contributed by atoms with Gasteiger partial charge in [-0.1, -0.05) is 24.8 Å². The van der Waals surface area contributed by atoms with Crippen molar-refractivity contribution in [3.05, 3.63) is 97.6 Å². The highest BCUT2D eigenvalue weighted by Crippen LogP contribution is 2.15. The molecule has 0 aliphatic heterocycles. The van der Waals surface area contributed by atoms with Crippen LogP contribution in [0, 0.1) is 17.0 Å². The van der Waals surface area contributed by atoms with Crippen molar-refractivity contribution in [2.24, 2.45) is 4.99 Å². The number of hydrogen-bond donors (Lipinski definition) is 0. The van der Waals surface area contributed by atoms with Crippen LogP contribution in [0.4, 0.5) is 0 Å². The van der Waals surface area contributed by atoms with Gasteiger partial charge in [0.15, 0.2) is 5.49 Å². The van der Waals surface area contributed by atoms with Gasteiger partial charge in [-0.05, 0) is 38.5 Å². The summed E-state index contributed by atoms with van der Waals surface area (Å²) < 4.78 is 13.3. The number of fused-ring (bicyclic) bond motifs is 2. The topological polar surface area (TPSA) is 147 Å². The maximum Gasteiger partial charge on any atom is 0.341 e. The minimum Gasteiger partial charge on any atom is -0.462 e. The molecule has 3 rings (SSSR count). The van der Waals surface area contributed by atoms with E-state index >= 15 is 0 Å². The zero-order chi connectivity index (χ0) is 28.7. The van der Waals surface area contributed by atoms with Crippen LogP contribution in [0.5, 0.6) is 0 Å². The van der Waals surface area contributed by atoms with Crippen LogP contribution in [0.15, 0.2) is 70.3 Å². The molecule has 0 aliphatic rings. The zero-order valence-corrected chi connectivity index (χ0v) is 22.2. The molecule has 0 saturated heterocycles. The molecule has 3 heterocycles. The Bertz CT molecular complexity index is 1660. The van der Waals surface area contributed by atoms with Crippen LogP contribution in [0.1, 0.15) is 36.2 Å². The molecule has 0 aromatic carbocycles. The molecule has 0 radical (unpaired) electrons. The van der Waals surface area contributed by atoms with Crippen LogP contribution in [0.3, 0.4) is 0 Å². The van der Waals surface area contributed by atoms with Gasteiger partial charge in [-0.25, -0.2) is 9.78 Å². The normalized spacial score (nSPS) is 12.7. The molecular weight excluding hydrogens is 506 g/mol. The van der Waals surface area contributed by atoms with Crippen molar-refractivity contribution in [3.63, 3.8) is 0 Å². The third-order valence-corrected chi connectivity index (χ3v) is 5.79. The van der Waals surface area contributed by atoms with Crippen molar-refractivity contribution < 1.29 is 24.0 Å². The Balaban J connectivity index is 2.39. The summed E-state index contributed by atoms with van der Waals surface area (Å²) in [4.78, 5) is 59.3. The summed E-state index contributed by atoms with van der Waals surface area (Å²) in [6.07, 6.45) is 5.18. The molecule has 0 spiro atoms. The lowest BCUT2D eigenvalue weighted by Gasteiger charge is -2.15. The Morgan fingerprint density at radius 1 is 1.31 bits per heavy atom. The Labute approximate surface area is 223 Å². The summed E-state index contributed by atoms with van der Waals surface area (Å²) in [5.41, 5.74) is 0.575. The molecule has 0 fully saturated rings. The number of ether oxygens (including phenoxy) is 2. The fourth-order valence-corrected chi connectivity index (χ4v) is 3.95. The highest BCUT2D eigenvalue weighted by atomic mass is 16.6. The van der Waals surface area contributed by atoms with Crippen molar-refractivity contribution >= 4 is 28.6 Å². The highest BCUT2D eigenvalue weighted by Gasteiger charge is 2.21. The number of carbonyl (C=O) groups is 2. The third kappa shape index (κ3) is 6.24. The molecule has 0 aliphatic carbocycles. The smallest absolute Gasteiger partial charge is 0.341 e. The van der Waals surface area contributed by atoms with Gasteiger partial charge in [0, 0.05) is 31.5 Å². The summed E-state index contributed by atoms with van der Waals surface area (Å²) in [6.45, 7) is 8.65. The lowest BCUT2D eigenvalue weighted by Crippen LogP contribution is -2.33. The van der Waals surface area contributed by atoms with E-state index in [2.05, 4.69) is 16.6 Å². The Morgan fingerprint density at radius 3 is 2.69 bits per heavy atom. The van der Waals surface area contributed by atoms with Gasteiger partial charge in [0.05, 0.1) is 29.9 Å². The molecule has 39 heavy (non-hydrogen) atoms. The number of methoxy groups -OCH3 is 1. The van der Waals surface area contributed by atoms with Crippen LogP contribution in [-0.2, 0) is 20.8 Å². The molecular formula is C27H29N5O7. The molecule has 0 saturated carbocycles. The number of allylic oxidation sites excluding steroid dienone is 3. The van der Waals surface area contributed by atoms with E-state index in [1.165, 1.54) is 47.3 Å². The predicted molar refractivity (Wildman–Crippen MR) is 144 cm³/mol. The minimum absolute atomic E-state index is 0.0418. The van der Waals surface area contributed by atoms with Gasteiger partial charge in [-0.2, -0.15) is 4.99 Å². The number of esters is 1. The van der Waals surface area contributed by atoms with Crippen LogP contribution in [-0.4, -0.2) is 51.1 Å². The minimum atomic E-state index is -0.794. The van der Waals surface area contributed by atoms with Gasteiger partial charge in [0.25, 0.3) is 17.2 Å². The van der Waals surface area contributed by atoms with Gasteiger partial charge >= 0.3 is 5.97 Å². The number of pyridine rings is 2. The summed E-state index contributed by atoms with van der Waals surface area (Å²) in [7, 11) is 1.48. The molecule has 1 amide bonds. The number of nitrogens with zero attached hydrogens (tertiary/aromatic N) is 5. The molecule has 0 atom stereocenters. The summed E-state index contributed by atoms with van der Waals surface area (Å²) in [5, 5.41) is 11.6. The van der Waals surface area contributed by atoms with Gasteiger partial charge in [0.1, 0.15) is 16.9 Å². The number of aromatic nitrogens is 3. The molecule has 12 nitrogen and oxygen atoms in total. The molecule has 3 aromatic rings. The fourth-order valence-electron chi connectivity index (χ4n) is 3.95. The number of aryl methyl sites for hydroxylation is 1. The summed E-state index contributed by atoms with van der Waals surface area (Å²) in [5.74, 6) is -1.54. The van der Waals surface area contributed by atoms with Crippen LogP contribution < -0.4 is 11.0 Å². The van der Waals surface area contributed by atoms with Crippen LogP contribution in [0.25, 0.3) is 16.7 Å². The van der Waals surface area contributed by atoms with E-state index in [4.69, 9.17) is 9.47 Å². The maximum atomic E-state index is 13.4. The van der Waals surface area contributed by atoms with Crippen molar-refractivity contribution in [2.45, 2.75) is 33.7 Å². The third-order valence-electron chi connectivity index (χ3n) is 5.79. The lowest BCUT2D eigenvalue weighted by atomic mass is 10.1.